The average molecular weight is 268 g/mol. The highest BCUT2D eigenvalue weighted by molar-refractivity contribution is 7.84. The molecule has 6 heteroatoms. The lowest BCUT2D eigenvalue weighted by Gasteiger charge is -2.06. The van der Waals surface area contributed by atoms with E-state index in [4.69, 9.17) is 12.2 Å². The fourth-order valence-electron chi connectivity index (χ4n) is 1.62. The van der Waals surface area contributed by atoms with Gasteiger partial charge >= 0.3 is 0 Å². The Morgan fingerprint density at radius 1 is 1.41 bits per heavy atom. The van der Waals surface area contributed by atoms with Crippen molar-refractivity contribution in [2.24, 2.45) is 0 Å². The summed E-state index contributed by atoms with van der Waals surface area (Å²) in [7, 11) is -0.936. The van der Waals surface area contributed by atoms with Crippen LogP contribution < -0.4 is 5.56 Å². The number of hydrogen-bond donors (Lipinski definition) is 1. The minimum Gasteiger partial charge on any atom is -0.332 e. The Bertz CT molecular complexity index is 688. The second kappa shape index (κ2) is 4.93. The van der Waals surface area contributed by atoms with E-state index < -0.39 is 10.8 Å². The van der Waals surface area contributed by atoms with Gasteiger partial charge in [0, 0.05) is 29.4 Å². The standard InChI is InChI=1S/C11H12N2O2S2/c1-17(15)7-6-13-10(14)8-4-2-3-5-9(8)12-11(13)16/h2-5H,6-7H2,1H3,(H,12,16). The SMILES string of the molecule is CS(=O)CCn1c(=S)[nH]c2ccccc2c1=O. The summed E-state index contributed by atoms with van der Waals surface area (Å²) in [6, 6.07) is 7.22. The summed E-state index contributed by atoms with van der Waals surface area (Å²) in [5, 5.41) is 0.600. The average Bonchev–Trinajstić information content (AvgIpc) is 2.28. The Morgan fingerprint density at radius 3 is 2.82 bits per heavy atom. The fraction of sp³-hybridized carbons (Fsp3) is 0.273. The molecule has 1 N–H and O–H groups in total. The van der Waals surface area contributed by atoms with Gasteiger partial charge < -0.3 is 4.98 Å². The van der Waals surface area contributed by atoms with Crippen LogP contribution in [0.15, 0.2) is 29.1 Å². The van der Waals surface area contributed by atoms with Gasteiger partial charge in [-0.3, -0.25) is 13.6 Å². The lowest BCUT2D eigenvalue weighted by molar-refractivity contribution is 0.668. The predicted molar refractivity (Wildman–Crippen MR) is 72.3 cm³/mol. The maximum absolute atomic E-state index is 12.1. The zero-order valence-corrected chi connectivity index (χ0v) is 10.9. The van der Waals surface area contributed by atoms with Gasteiger partial charge in [-0.05, 0) is 24.4 Å². The molecule has 1 aromatic heterocycles. The molecule has 0 saturated heterocycles. The molecule has 0 spiro atoms. The van der Waals surface area contributed by atoms with E-state index in [0.717, 1.165) is 5.52 Å². The molecule has 4 nitrogen and oxygen atoms in total. The fourth-order valence-corrected chi connectivity index (χ4v) is 2.35. The summed E-state index contributed by atoms with van der Waals surface area (Å²) in [6.45, 7) is 0.377. The topological polar surface area (TPSA) is 54.9 Å². The van der Waals surface area contributed by atoms with Crippen LogP contribution in [0.1, 0.15) is 0 Å². The molecule has 2 rings (SSSR count). The lowest BCUT2D eigenvalue weighted by Crippen LogP contribution is -2.24. The maximum atomic E-state index is 12.1. The van der Waals surface area contributed by atoms with Crippen molar-refractivity contribution in [3.05, 3.63) is 39.4 Å². The van der Waals surface area contributed by atoms with E-state index in [1.807, 2.05) is 18.2 Å². The van der Waals surface area contributed by atoms with Gasteiger partial charge in [-0.15, -0.1) is 0 Å². The van der Waals surface area contributed by atoms with Crippen LogP contribution in [0.4, 0.5) is 0 Å². The number of para-hydroxylation sites is 1. The van der Waals surface area contributed by atoms with Crippen LogP contribution in [0, 0.1) is 4.77 Å². The van der Waals surface area contributed by atoms with Crippen LogP contribution >= 0.6 is 12.2 Å². The van der Waals surface area contributed by atoms with E-state index in [2.05, 4.69) is 4.98 Å². The van der Waals surface area contributed by atoms with E-state index in [1.54, 1.807) is 12.3 Å². The van der Waals surface area contributed by atoms with E-state index in [-0.39, 0.29) is 5.56 Å². The molecule has 0 aliphatic carbocycles. The molecule has 0 radical (unpaired) electrons. The Balaban J connectivity index is 2.60. The summed E-state index contributed by atoms with van der Waals surface area (Å²) < 4.78 is 12.9. The van der Waals surface area contributed by atoms with Crippen LogP contribution in [0.25, 0.3) is 10.9 Å². The van der Waals surface area contributed by atoms with E-state index in [9.17, 15) is 9.00 Å². The van der Waals surface area contributed by atoms with E-state index in [0.29, 0.717) is 22.5 Å². The van der Waals surface area contributed by atoms with Gasteiger partial charge in [-0.2, -0.15) is 0 Å². The zero-order valence-electron chi connectivity index (χ0n) is 9.30. The third-order valence-electron chi connectivity index (χ3n) is 2.49. The molecule has 2 aromatic rings. The van der Waals surface area contributed by atoms with Crippen molar-refractivity contribution in [3.63, 3.8) is 0 Å². The molecular weight excluding hydrogens is 256 g/mol. The zero-order chi connectivity index (χ0) is 12.4. The van der Waals surface area contributed by atoms with Crippen LogP contribution in [0.2, 0.25) is 0 Å². The third-order valence-corrected chi connectivity index (χ3v) is 3.57. The molecule has 1 unspecified atom stereocenters. The Hall–Kier alpha value is -1.27. The van der Waals surface area contributed by atoms with E-state index >= 15 is 0 Å². The first-order valence-electron chi connectivity index (χ1n) is 5.11. The third kappa shape index (κ3) is 2.53. The summed E-state index contributed by atoms with van der Waals surface area (Å²) in [6.07, 6.45) is 1.61. The normalized spacial score (nSPS) is 12.8. The lowest BCUT2D eigenvalue weighted by atomic mass is 10.2. The van der Waals surface area contributed by atoms with Gasteiger partial charge in [0.1, 0.15) is 0 Å². The molecule has 1 aromatic carbocycles. The van der Waals surface area contributed by atoms with Crippen molar-refractivity contribution in [1.82, 2.24) is 9.55 Å². The van der Waals surface area contributed by atoms with Gasteiger partial charge in [0.15, 0.2) is 4.77 Å². The summed E-state index contributed by atoms with van der Waals surface area (Å²) in [5.74, 6) is 0.426. The summed E-state index contributed by atoms with van der Waals surface area (Å²) in [5.41, 5.74) is 0.603. The van der Waals surface area contributed by atoms with Gasteiger partial charge in [-0.1, -0.05) is 12.1 Å². The second-order valence-electron chi connectivity index (χ2n) is 3.71. The molecule has 0 saturated carbocycles. The van der Waals surface area contributed by atoms with Gasteiger partial charge in [0.05, 0.1) is 10.9 Å². The predicted octanol–water partition coefficient (Wildman–Crippen LogP) is 1.44. The first-order chi connectivity index (χ1) is 8.09. The number of fused-ring (bicyclic) bond motifs is 1. The number of aromatic amines is 1. The Kier molecular flexibility index (Phi) is 3.54. The van der Waals surface area contributed by atoms with E-state index in [1.165, 1.54) is 4.57 Å². The highest BCUT2D eigenvalue weighted by Gasteiger charge is 2.05. The van der Waals surface area contributed by atoms with Crippen molar-refractivity contribution in [2.45, 2.75) is 6.54 Å². The van der Waals surface area contributed by atoms with Crippen molar-refractivity contribution in [1.29, 1.82) is 0 Å². The molecule has 1 atom stereocenters. The molecule has 0 aliphatic rings. The van der Waals surface area contributed by atoms with Crippen LogP contribution in [0.5, 0.6) is 0 Å². The van der Waals surface area contributed by atoms with Crippen molar-refractivity contribution in [2.75, 3.05) is 12.0 Å². The highest BCUT2D eigenvalue weighted by atomic mass is 32.2. The van der Waals surface area contributed by atoms with Crippen molar-refractivity contribution >= 4 is 33.9 Å². The number of nitrogens with zero attached hydrogens (tertiary/aromatic N) is 1. The molecular formula is C11H12N2O2S2. The molecule has 17 heavy (non-hydrogen) atoms. The monoisotopic (exact) mass is 268 g/mol. The Morgan fingerprint density at radius 2 is 2.12 bits per heavy atom. The first-order valence-corrected chi connectivity index (χ1v) is 7.25. The van der Waals surface area contributed by atoms with Crippen LogP contribution in [0.3, 0.4) is 0 Å². The molecule has 0 bridgehead atoms. The minimum absolute atomic E-state index is 0.130. The van der Waals surface area contributed by atoms with Gasteiger partial charge in [0.25, 0.3) is 5.56 Å². The first kappa shape index (κ1) is 12.2. The van der Waals surface area contributed by atoms with Crippen molar-refractivity contribution < 1.29 is 4.21 Å². The van der Waals surface area contributed by atoms with Crippen LogP contribution in [-0.2, 0) is 17.3 Å². The molecule has 0 amide bonds. The number of rotatable bonds is 3. The largest absolute Gasteiger partial charge is 0.332 e. The number of H-pyrrole nitrogens is 1. The maximum Gasteiger partial charge on any atom is 0.262 e. The minimum atomic E-state index is -0.936. The molecule has 0 fully saturated rings. The Labute approximate surface area is 106 Å². The summed E-state index contributed by atoms with van der Waals surface area (Å²) >= 11 is 5.13. The van der Waals surface area contributed by atoms with Gasteiger partial charge in [0.2, 0.25) is 0 Å². The number of aromatic nitrogens is 2. The molecule has 0 aliphatic heterocycles. The number of nitrogens with one attached hydrogen (secondary N) is 1. The smallest absolute Gasteiger partial charge is 0.262 e. The van der Waals surface area contributed by atoms with Crippen LogP contribution in [-0.4, -0.2) is 25.8 Å². The van der Waals surface area contributed by atoms with Gasteiger partial charge in [-0.25, -0.2) is 0 Å². The molecule has 90 valence electrons. The second-order valence-corrected chi connectivity index (χ2v) is 5.65. The number of hydrogen-bond acceptors (Lipinski definition) is 3. The molecule has 1 heterocycles. The van der Waals surface area contributed by atoms with Crippen molar-refractivity contribution in [3.8, 4) is 0 Å². The summed E-state index contributed by atoms with van der Waals surface area (Å²) in [4.78, 5) is 15.1. The highest BCUT2D eigenvalue weighted by Crippen LogP contribution is 2.05. The number of benzene rings is 1. The quantitative estimate of drug-likeness (QED) is 0.857.